The third kappa shape index (κ3) is 5.37. The first-order valence-corrected chi connectivity index (χ1v) is 14.5. The number of hydrogen-bond acceptors (Lipinski definition) is 10. The maximum atomic E-state index is 15.4. The standard InChI is InChI=1S/C31H30FN9O3/c1-40-15-20(14-35-40)36-31-38-27(37-30(33)39-31)21-4-2-6-25(22(21)16-44-29(43)24-5-3-10-34-24)41-11-9-18-12-19(17-7-8-17)13-23(32)26(18)28(41)42/h2,4,6,9,11-15,17,24,34H,3,5,7-8,10,16H2,1H3,(H3,33,36,37,38,39). The second kappa shape index (κ2) is 11.2. The number of nitrogens with zero attached hydrogens (tertiary/aromatic N) is 6. The van der Waals surface area contributed by atoms with Gasteiger partial charge in [-0.3, -0.25) is 18.8 Å². The maximum absolute atomic E-state index is 15.4. The highest BCUT2D eigenvalue weighted by Crippen LogP contribution is 2.41. The Morgan fingerprint density at radius 1 is 1.18 bits per heavy atom. The van der Waals surface area contributed by atoms with Gasteiger partial charge in [0.15, 0.2) is 5.82 Å². The van der Waals surface area contributed by atoms with Crippen molar-refractivity contribution in [2.24, 2.45) is 7.05 Å². The molecule has 0 amide bonds. The number of nitrogens with one attached hydrogen (secondary N) is 2. The molecule has 1 unspecified atom stereocenters. The van der Waals surface area contributed by atoms with Crippen LogP contribution < -0.4 is 21.9 Å². The van der Waals surface area contributed by atoms with Crippen LogP contribution in [0.1, 0.15) is 42.7 Å². The summed E-state index contributed by atoms with van der Waals surface area (Å²) in [6, 6.07) is 9.86. The van der Waals surface area contributed by atoms with E-state index in [4.69, 9.17) is 10.5 Å². The number of ether oxygens (including phenoxy) is 1. The summed E-state index contributed by atoms with van der Waals surface area (Å²) >= 11 is 0. The lowest BCUT2D eigenvalue weighted by Gasteiger charge is -2.18. The van der Waals surface area contributed by atoms with Gasteiger partial charge in [0, 0.05) is 30.6 Å². The summed E-state index contributed by atoms with van der Waals surface area (Å²) in [6.45, 7) is 0.548. The van der Waals surface area contributed by atoms with E-state index >= 15 is 4.39 Å². The summed E-state index contributed by atoms with van der Waals surface area (Å²) in [4.78, 5) is 39.9. The summed E-state index contributed by atoms with van der Waals surface area (Å²) in [5.74, 6) is -0.279. The highest BCUT2D eigenvalue weighted by Gasteiger charge is 2.27. The molecule has 1 saturated heterocycles. The molecule has 224 valence electrons. The number of benzene rings is 2. The molecule has 44 heavy (non-hydrogen) atoms. The van der Waals surface area contributed by atoms with Gasteiger partial charge >= 0.3 is 5.97 Å². The van der Waals surface area contributed by atoms with Crippen LogP contribution >= 0.6 is 0 Å². The Labute approximate surface area is 251 Å². The van der Waals surface area contributed by atoms with Crippen molar-refractivity contribution in [3.05, 3.63) is 82.3 Å². The van der Waals surface area contributed by atoms with Crippen molar-refractivity contribution in [2.75, 3.05) is 17.6 Å². The van der Waals surface area contributed by atoms with E-state index in [0.29, 0.717) is 40.2 Å². The van der Waals surface area contributed by atoms with E-state index in [0.717, 1.165) is 31.4 Å². The molecule has 0 bridgehead atoms. The van der Waals surface area contributed by atoms with E-state index in [-0.39, 0.29) is 29.7 Å². The largest absolute Gasteiger partial charge is 0.460 e. The lowest BCUT2D eigenvalue weighted by Crippen LogP contribution is -2.32. The van der Waals surface area contributed by atoms with Gasteiger partial charge in [0.1, 0.15) is 18.5 Å². The molecule has 1 aliphatic heterocycles. The molecule has 2 fully saturated rings. The smallest absolute Gasteiger partial charge is 0.323 e. The normalized spacial score (nSPS) is 16.4. The molecule has 5 aromatic rings. The van der Waals surface area contributed by atoms with E-state index in [1.165, 1.54) is 10.6 Å². The number of aryl methyl sites for hydroxylation is 1. The number of carbonyl (C=O) groups excluding carboxylic acids is 1. The number of aromatic nitrogens is 6. The summed E-state index contributed by atoms with van der Waals surface area (Å²) in [5, 5.41) is 10.9. The molecule has 7 rings (SSSR count). The van der Waals surface area contributed by atoms with Crippen molar-refractivity contribution >= 4 is 34.3 Å². The van der Waals surface area contributed by atoms with Gasteiger partial charge in [-0.15, -0.1) is 0 Å². The van der Waals surface area contributed by atoms with Crippen LogP contribution in [0.5, 0.6) is 0 Å². The minimum atomic E-state index is -0.559. The number of anilines is 3. The van der Waals surface area contributed by atoms with Gasteiger partial charge < -0.3 is 21.1 Å². The Balaban J connectivity index is 1.34. The fourth-order valence-corrected chi connectivity index (χ4v) is 5.67. The van der Waals surface area contributed by atoms with E-state index in [2.05, 4.69) is 30.7 Å². The molecule has 1 aliphatic carbocycles. The lowest BCUT2D eigenvalue weighted by atomic mass is 10.0. The molecule has 4 N–H and O–H groups in total. The zero-order valence-corrected chi connectivity index (χ0v) is 24.0. The quantitative estimate of drug-likeness (QED) is 0.226. The number of fused-ring (bicyclic) bond motifs is 1. The Morgan fingerprint density at radius 2 is 2.05 bits per heavy atom. The Bertz CT molecular complexity index is 1960. The molecule has 2 aromatic carbocycles. The number of rotatable bonds is 8. The van der Waals surface area contributed by atoms with Crippen LogP contribution in [0.15, 0.2) is 59.8 Å². The minimum Gasteiger partial charge on any atom is -0.460 e. The second-order valence-electron chi connectivity index (χ2n) is 11.2. The molecule has 12 nitrogen and oxygen atoms in total. The van der Waals surface area contributed by atoms with E-state index in [1.54, 1.807) is 54.6 Å². The number of esters is 1. The van der Waals surface area contributed by atoms with E-state index < -0.39 is 23.4 Å². The molecule has 1 saturated carbocycles. The van der Waals surface area contributed by atoms with Gasteiger partial charge in [0.25, 0.3) is 5.56 Å². The van der Waals surface area contributed by atoms with Gasteiger partial charge in [-0.1, -0.05) is 18.2 Å². The number of nitrogen functional groups attached to an aromatic ring is 1. The summed E-state index contributed by atoms with van der Waals surface area (Å²) in [6.07, 6.45) is 8.57. The fourth-order valence-electron chi connectivity index (χ4n) is 5.67. The zero-order valence-electron chi connectivity index (χ0n) is 24.0. The predicted molar refractivity (Wildman–Crippen MR) is 162 cm³/mol. The van der Waals surface area contributed by atoms with E-state index in [9.17, 15) is 9.59 Å². The Kier molecular flexibility index (Phi) is 7.01. The monoisotopic (exact) mass is 595 g/mol. The van der Waals surface area contributed by atoms with Gasteiger partial charge in [-0.2, -0.15) is 20.1 Å². The average molecular weight is 596 g/mol. The Hall–Kier alpha value is -5.17. The molecule has 1 atom stereocenters. The van der Waals surface area contributed by atoms with Crippen molar-refractivity contribution in [2.45, 2.75) is 44.2 Å². The highest BCUT2D eigenvalue weighted by molar-refractivity contribution is 5.84. The molecule has 2 aliphatic rings. The van der Waals surface area contributed by atoms with E-state index in [1.807, 2.05) is 6.07 Å². The van der Waals surface area contributed by atoms with Gasteiger partial charge in [-0.05, 0) is 67.3 Å². The van der Waals surface area contributed by atoms with Crippen molar-refractivity contribution in [1.29, 1.82) is 0 Å². The first kappa shape index (κ1) is 27.7. The van der Waals surface area contributed by atoms with Crippen LogP contribution in [-0.4, -0.2) is 47.9 Å². The van der Waals surface area contributed by atoms with Crippen molar-refractivity contribution in [3.8, 4) is 17.1 Å². The van der Waals surface area contributed by atoms with Gasteiger partial charge in [0.05, 0.1) is 23.0 Å². The maximum Gasteiger partial charge on any atom is 0.323 e. The topological polar surface area (TPSA) is 155 Å². The Morgan fingerprint density at radius 3 is 2.80 bits per heavy atom. The third-order valence-electron chi connectivity index (χ3n) is 8.00. The molecule has 0 radical (unpaired) electrons. The van der Waals surface area contributed by atoms with Crippen LogP contribution in [0.25, 0.3) is 27.8 Å². The highest BCUT2D eigenvalue weighted by atomic mass is 19.1. The molecule has 13 heteroatoms. The molecule has 4 heterocycles. The second-order valence-corrected chi connectivity index (χ2v) is 11.2. The first-order valence-electron chi connectivity index (χ1n) is 14.5. The number of carbonyl (C=O) groups is 1. The van der Waals surface area contributed by atoms with Crippen LogP contribution in [-0.2, 0) is 23.2 Å². The first-order chi connectivity index (χ1) is 21.3. The van der Waals surface area contributed by atoms with Crippen molar-refractivity contribution < 1.29 is 13.9 Å². The van der Waals surface area contributed by atoms with Crippen LogP contribution in [0.4, 0.5) is 22.0 Å². The summed E-state index contributed by atoms with van der Waals surface area (Å²) in [5.41, 5.74) is 8.43. The SMILES string of the molecule is Cn1cc(Nc2nc(N)nc(-c3cccc(-n4ccc5cc(C6CC6)cc(F)c5c4=O)c3COC(=O)C3CCCN3)n2)cn1. The third-order valence-corrected chi connectivity index (χ3v) is 8.00. The summed E-state index contributed by atoms with van der Waals surface area (Å²) < 4.78 is 24.2. The number of halogens is 1. The predicted octanol–water partition coefficient (Wildman–Crippen LogP) is 3.71. The van der Waals surface area contributed by atoms with Crippen LogP contribution in [0.2, 0.25) is 0 Å². The van der Waals surface area contributed by atoms with Crippen molar-refractivity contribution in [3.63, 3.8) is 0 Å². The van der Waals surface area contributed by atoms with Gasteiger partial charge in [0.2, 0.25) is 11.9 Å². The minimum absolute atomic E-state index is 0.00670. The zero-order chi connectivity index (χ0) is 30.4. The molecular formula is C31H30FN9O3. The molecular weight excluding hydrogens is 565 g/mol. The van der Waals surface area contributed by atoms with Crippen LogP contribution in [0, 0.1) is 5.82 Å². The molecule has 3 aromatic heterocycles. The van der Waals surface area contributed by atoms with Crippen molar-refractivity contribution in [1.82, 2.24) is 34.6 Å². The number of hydrogen-bond donors (Lipinski definition) is 3. The number of pyridine rings is 1. The summed E-state index contributed by atoms with van der Waals surface area (Å²) in [7, 11) is 1.78. The molecule has 0 spiro atoms. The average Bonchev–Trinajstić information content (AvgIpc) is 3.55. The van der Waals surface area contributed by atoms with Gasteiger partial charge in [-0.25, -0.2) is 4.39 Å². The fraction of sp³-hybridized carbons (Fsp3) is 0.290. The van der Waals surface area contributed by atoms with Crippen LogP contribution in [0.3, 0.4) is 0 Å². The number of nitrogens with two attached hydrogens (primary N) is 1. The lowest BCUT2D eigenvalue weighted by molar-refractivity contribution is -0.147.